The van der Waals surface area contributed by atoms with Gasteiger partial charge in [-0.15, -0.1) is 0 Å². The molecule has 6 nitrogen and oxygen atoms in total. The van der Waals surface area contributed by atoms with Gasteiger partial charge in [0.05, 0.1) is 25.0 Å². The van der Waals surface area contributed by atoms with Crippen molar-refractivity contribution in [2.75, 3.05) is 14.2 Å². The minimum absolute atomic E-state index is 0.226. The summed E-state index contributed by atoms with van der Waals surface area (Å²) < 4.78 is 10.6. The van der Waals surface area contributed by atoms with Crippen molar-refractivity contribution in [3.05, 3.63) is 29.8 Å². The maximum atomic E-state index is 12.0. The first kappa shape index (κ1) is 16.3. The van der Waals surface area contributed by atoms with Crippen LogP contribution in [0.3, 0.4) is 0 Å². The van der Waals surface area contributed by atoms with Gasteiger partial charge in [0.25, 0.3) is 0 Å². The van der Waals surface area contributed by atoms with Gasteiger partial charge in [-0.05, 0) is 31.0 Å². The molecule has 0 aromatic heterocycles. The maximum absolute atomic E-state index is 12.0. The second kappa shape index (κ2) is 6.79. The number of carbonyl (C=O) groups is 2. The summed E-state index contributed by atoms with van der Waals surface area (Å²) in [6.07, 6.45) is 0.102. The lowest BCUT2D eigenvalue weighted by Crippen LogP contribution is -2.39. The molecule has 22 heavy (non-hydrogen) atoms. The molecule has 0 aliphatic heterocycles. The van der Waals surface area contributed by atoms with Crippen LogP contribution in [0.15, 0.2) is 24.3 Å². The summed E-state index contributed by atoms with van der Waals surface area (Å²) >= 11 is 0. The van der Waals surface area contributed by atoms with Crippen molar-refractivity contribution < 1.29 is 24.2 Å². The van der Waals surface area contributed by atoms with Gasteiger partial charge in [0, 0.05) is 7.11 Å². The summed E-state index contributed by atoms with van der Waals surface area (Å²) in [5, 5.41) is 11.7. The second-order valence-electron chi connectivity index (χ2n) is 5.51. The quantitative estimate of drug-likeness (QED) is 0.799. The van der Waals surface area contributed by atoms with E-state index in [0.29, 0.717) is 6.42 Å². The lowest BCUT2D eigenvalue weighted by molar-refractivity contribution is -0.140. The zero-order chi connectivity index (χ0) is 16.3. The van der Waals surface area contributed by atoms with Gasteiger partial charge in [0.2, 0.25) is 5.91 Å². The number of benzene rings is 1. The number of hydrogen-bond donors (Lipinski definition) is 2. The van der Waals surface area contributed by atoms with Gasteiger partial charge in [-0.3, -0.25) is 9.59 Å². The normalized spacial score (nSPS) is 22.5. The van der Waals surface area contributed by atoms with Crippen molar-refractivity contribution in [3.63, 3.8) is 0 Å². The molecule has 0 spiro atoms. The number of carboxylic acid groups (broad SMARTS) is 1. The van der Waals surface area contributed by atoms with E-state index >= 15 is 0 Å². The molecular formula is C16H21NO5. The van der Waals surface area contributed by atoms with Gasteiger partial charge in [0.15, 0.2) is 0 Å². The molecule has 0 radical (unpaired) electrons. The summed E-state index contributed by atoms with van der Waals surface area (Å²) in [6.45, 7) is 1.84. The minimum Gasteiger partial charge on any atom is -0.497 e. The van der Waals surface area contributed by atoms with Crippen LogP contribution in [0.25, 0.3) is 0 Å². The zero-order valence-corrected chi connectivity index (χ0v) is 12.9. The van der Waals surface area contributed by atoms with Crippen molar-refractivity contribution in [1.82, 2.24) is 5.32 Å². The molecule has 1 aromatic carbocycles. The fourth-order valence-electron chi connectivity index (χ4n) is 2.59. The van der Waals surface area contributed by atoms with Gasteiger partial charge < -0.3 is 19.9 Å². The van der Waals surface area contributed by atoms with Gasteiger partial charge in [-0.2, -0.15) is 0 Å². The molecule has 0 heterocycles. The maximum Gasteiger partial charge on any atom is 0.307 e. The topological polar surface area (TPSA) is 84.9 Å². The number of nitrogens with one attached hydrogen (secondary N) is 1. The number of hydrogen-bond acceptors (Lipinski definition) is 4. The largest absolute Gasteiger partial charge is 0.497 e. The highest BCUT2D eigenvalue weighted by Crippen LogP contribution is 2.39. The molecule has 6 heteroatoms. The van der Waals surface area contributed by atoms with Crippen LogP contribution in [0.2, 0.25) is 0 Å². The molecule has 0 bridgehead atoms. The van der Waals surface area contributed by atoms with Crippen LogP contribution in [0, 0.1) is 11.8 Å². The molecule has 120 valence electrons. The van der Waals surface area contributed by atoms with E-state index in [1.165, 1.54) is 0 Å². The number of rotatable bonds is 7. The Morgan fingerprint density at radius 2 is 1.86 bits per heavy atom. The molecule has 0 saturated heterocycles. The summed E-state index contributed by atoms with van der Waals surface area (Å²) in [4.78, 5) is 22.9. The monoisotopic (exact) mass is 307 g/mol. The average Bonchev–Trinajstić information content (AvgIpc) is 3.29. The fourth-order valence-corrected chi connectivity index (χ4v) is 2.59. The zero-order valence-electron chi connectivity index (χ0n) is 12.9. The van der Waals surface area contributed by atoms with E-state index in [2.05, 4.69) is 5.32 Å². The molecule has 4 unspecified atom stereocenters. The van der Waals surface area contributed by atoms with E-state index < -0.39 is 17.8 Å². The van der Waals surface area contributed by atoms with E-state index in [1.807, 2.05) is 31.2 Å². The average molecular weight is 307 g/mol. The lowest BCUT2D eigenvalue weighted by atomic mass is 10.0. The molecule has 1 aromatic rings. The molecule has 2 rings (SSSR count). The molecule has 1 fully saturated rings. The molecule has 1 aliphatic carbocycles. The van der Waals surface area contributed by atoms with Crippen LogP contribution in [0.4, 0.5) is 0 Å². The molecule has 1 amide bonds. The van der Waals surface area contributed by atoms with Crippen LogP contribution in [0.1, 0.15) is 25.0 Å². The minimum atomic E-state index is -0.911. The molecule has 2 N–H and O–H groups in total. The number of methoxy groups -OCH3 is 2. The first-order chi connectivity index (χ1) is 10.5. The van der Waals surface area contributed by atoms with Crippen LogP contribution in [-0.4, -0.2) is 37.2 Å². The Balaban J connectivity index is 1.98. The van der Waals surface area contributed by atoms with Crippen molar-refractivity contribution >= 4 is 11.9 Å². The van der Waals surface area contributed by atoms with Gasteiger partial charge >= 0.3 is 5.97 Å². The smallest absolute Gasteiger partial charge is 0.307 e. The predicted octanol–water partition coefficient (Wildman–Crippen LogP) is 1.61. The van der Waals surface area contributed by atoms with Crippen LogP contribution < -0.4 is 10.1 Å². The lowest BCUT2D eigenvalue weighted by Gasteiger charge is -2.24. The molecule has 1 aliphatic rings. The number of aliphatic carboxylic acids is 1. The van der Waals surface area contributed by atoms with E-state index in [4.69, 9.17) is 14.6 Å². The Hall–Kier alpha value is -2.08. The number of carboxylic acids is 1. The van der Waals surface area contributed by atoms with Crippen LogP contribution in [-0.2, 0) is 14.3 Å². The molecule has 4 atom stereocenters. The highest BCUT2D eigenvalue weighted by Gasteiger charge is 2.48. The summed E-state index contributed by atoms with van der Waals surface area (Å²) in [5.41, 5.74) is 0.918. The van der Waals surface area contributed by atoms with Gasteiger partial charge in [0.1, 0.15) is 11.9 Å². The standard InChI is InChI=1S/C16H21NO5/c1-9(17-15(18)12-8-13(12)16(19)20)14(22-3)10-4-6-11(21-2)7-5-10/h4-7,9,12-14H,8H2,1-3H3,(H,17,18)(H,19,20). The summed E-state index contributed by atoms with van der Waals surface area (Å²) in [6, 6.07) is 7.16. The Labute approximate surface area is 129 Å². The predicted molar refractivity (Wildman–Crippen MR) is 79.6 cm³/mol. The van der Waals surface area contributed by atoms with E-state index in [0.717, 1.165) is 11.3 Å². The van der Waals surface area contributed by atoms with Crippen molar-refractivity contribution in [2.45, 2.75) is 25.5 Å². The first-order valence-electron chi connectivity index (χ1n) is 7.17. The van der Waals surface area contributed by atoms with Crippen molar-refractivity contribution in [1.29, 1.82) is 0 Å². The van der Waals surface area contributed by atoms with Crippen LogP contribution >= 0.6 is 0 Å². The highest BCUT2D eigenvalue weighted by atomic mass is 16.5. The fraction of sp³-hybridized carbons (Fsp3) is 0.500. The van der Waals surface area contributed by atoms with E-state index in [-0.39, 0.29) is 18.1 Å². The summed E-state index contributed by atoms with van der Waals surface area (Å²) in [7, 11) is 3.18. The Morgan fingerprint density at radius 1 is 1.23 bits per heavy atom. The highest BCUT2D eigenvalue weighted by molar-refractivity contribution is 5.89. The Bertz CT molecular complexity index is 542. The Morgan fingerprint density at radius 3 is 2.32 bits per heavy atom. The molecular weight excluding hydrogens is 286 g/mol. The van der Waals surface area contributed by atoms with E-state index in [9.17, 15) is 9.59 Å². The number of ether oxygens (including phenoxy) is 2. The van der Waals surface area contributed by atoms with Crippen molar-refractivity contribution in [3.8, 4) is 5.75 Å². The SMILES string of the molecule is COc1ccc(C(OC)C(C)NC(=O)C2CC2C(=O)O)cc1. The first-order valence-corrected chi connectivity index (χ1v) is 7.17. The number of carbonyl (C=O) groups excluding carboxylic acids is 1. The van der Waals surface area contributed by atoms with Gasteiger partial charge in [-0.1, -0.05) is 12.1 Å². The van der Waals surface area contributed by atoms with Crippen LogP contribution in [0.5, 0.6) is 5.75 Å². The third-order valence-electron chi connectivity index (χ3n) is 3.97. The third kappa shape index (κ3) is 3.57. The third-order valence-corrected chi connectivity index (χ3v) is 3.97. The van der Waals surface area contributed by atoms with Gasteiger partial charge in [-0.25, -0.2) is 0 Å². The number of amides is 1. The Kier molecular flexibility index (Phi) is 5.03. The summed E-state index contributed by atoms with van der Waals surface area (Å²) in [5.74, 6) is -1.36. The molecule has 1 saturated carbocycles. The second-order valence-corrected chi connectivity index (χ2v) is 5.51. The van der Waals surface area contributed by atoms with Crippen molar-refractivity contribution in [2.24, 2.45) is 11.8 Å². The van der Waals surface area contributed by atoms with E-state index in [1.54, 1.807) is 14.2 Å².